The maximum absolute atomic E-state index is 14.5. The Balaban J connectivity index is 1.68. The van der Waals surface area contributed by atoms with Crippen LogP contribution in [0.5, 0.6) is 0 Å². The highest BCUT2D eigenvalue weighted by molar-refractivity contribution is 6.10. The third-order valence-corrected chi connectivity index (χ3v) is 7.19. The predicted octanol–water partition coefficient (Wildman–Crippen LogP) is 6.25. The number of Topliss-reactive ketones (excluding diaryl/α,β-unsaturated/α-hetero) is 1. The topological polar surface area (TPSA) is 84.7 Å². The molecular formula is C31H39FN4O4. The van der Waals surface area contributed by atoms with E-state index >= 15 is 0 Å². The minimum atomic E-state index is -0.582. The van der Waals surface area contributed by atoms with E-state index in [-0.39, 0.29) is 41.3 Å². The highest BCUT2D eigenvalue weighted by Gasteiger charge is 2.32. The molecular weight excluding hydrogens is 511 g/mol. The van der Waals surface area contributed by atoms with Gasteiger partial charge in [0.1, 0.15) is 11.4 Å². The smallest absolute Gasteiger partial charge is 0.410 e. The van der Waals surface area contributed by atoms with Crippen LogP contribution >= 0.6 is 0 Å². The van der Waals surface area contributed by atoms with E-state index in [9.17, 15) is 18.8 Å². The number of halogens is 1. The lowest BCUT2D eigenvalue weighted by molar-refractivity contribution is 0.0182. The van der Waals surface area contributed by atoms with Crippen LogP contribution in [0, 0.1) is 11.7 Å². The van der Waals surface area contributed by atoms with E-state index in [0.717, 1.165) is 0 Å². The molecule has 1 aromatic carbocycles. The molecule has 3 heterocycles. The predicted molar refractivity (Wildman–Crippen MR) is 152 cm³/mol. The molecule has 3 aromatic rings. The number of piperidine rings is 1. The molecule has 0 unspecified atom stereocenters. The molecule has 0 spiro atoms. The zero-order valence-electron chi connectivity index (χ0n) is 24.4. The number of hydrogen-bond donors (Lipinski definition) is 0. The fourth-order valence-electron chi connectivity index (χ4n) is 5.43. The summed E-state index contributed by atoms with van der Waals surface area (Å²) in [6, 6.07) is 5.75. The number of benzene rings is 1. The van der Waals surface area contributed by atoms with Crippen LogP contribution in [0.4, 0.5) is 9.18 Å². The van der Waals surface area contributed by atoms with Crippen LogP contribution in [-0.2, 0) is 4.74 Å². The normalized spacial score (nSPS) is 14.7. The molecule has 0 atom stereocenters. The molecule has 0 radical (unpaired) electrons. The zero-order valence-corrected chi connectivity index (χ0v) is 24.4. The average Bonchev–Trinajstić information content (AvgIpc) is 3.26. The van der Waals surface area contributed by atoms with Crippen molar-refractivity contribution >= 4 is 28.7 Å². The van der Waals surface area contributed by atoms with Crippen LogP contribution in [0.1, 0.15) is 82.0 Å². The second-order valence-electron chi connectivity index (χ2n) is 12.0. The zero-order chi connectivity index (χ0) is 29.4. The molecule has 1 aliphatic heterocycles. The van der Waals surface area contributed by atoms with Crippen molar-refractivity contribution in [3.05, 3.63) is 59.8 Å². The number of rotatable bonds is 6. The van der Waals surface area contributed by atoms with Gasteiger partial charge < -0.3 is 19.1 Å². The van der Waals surface area contributed by atoms with Gasteiger partial charge in [-0.2, -0.15) is 0 Å². The van der Waals surface area contributed by atoms with Crippen molar-refractivity contribution in [2.45, 2.75) is 79.0 Å². The second kappa shape index (κ2) is 11.4. The highest BCUT2D eigenvalue weighted by atomic mass is 19.1. The van der Waals surface area contributed by atoms with Gasteiger partial charge in [-0.25, -0.2) is 9.18 Å². The second-order valence-corrected chi connectivity index (χ2v) is 12.0. The molecule has 0 saturated carbocycles. The van der Waals surface area contributed by atoms with E-state index in [0.29, 0.717) is 48.1 Å². The number of likely N-dealkylation sites (tertiary alicyclic amines) is 1. The third kappa shape index (κ3) is 6.03. The first-order valence-corrected chi connectivity index (χ1v) is 13.9. The van der Waals surface area contributed by atoms with Gasteiger partial charge in [-0.15, -0.1) is 0 Å². The molecule has 40 heavy (non-hydrogen) atoms. The van der Waals surface area contributed by atoms with Crippen molar-refractivity contribution in [1.29, 1.82) is 0 Å². The Morgan fingerprint density at radius 2 is 1.68 bits per heavy atom. The minimum Gasteiger partial charge on any atom is -0.444 e. The fraction of sp³-hybridized carbons (Fsp3) is 0.484. The van der Waals surface area contributed by atoms with E-state index < -0.39 is 11.4 Å². The Bertz CT molecular complexity index is 1410. The number of nitrogens with zero attached hydrogens (tertiary/aromatic N) is 4. The molecule has 1 saturated heterocycles. The van der Waals surface area contributed by atoms with Crippen molar-refractivity contribution < 1.29 is 23.5 Å². The summed E-state index contributed by atoms with van der Waals surface area (Å²) in [5.41, 5.74) is 1.28. The number of carbonyl (C=O) groups is 3. The van der Waals surface area contributed by atoms with E-state index in [2.05, 4.69) is 4.98 Å². The Labute approximate surface area is 235 Å². The van der Waals surface area contributed by atoms with E-state index in [1.807, 2.05) is 48.5 Å². The molecule has 0 aliphatic carbocycles. The first-order valence-electron chi connectivity index (χ1n) is 13.9. The number of carbonyl (C=O) groups excluding carboxylic acids is 3. The van der Waals surface area contributed by atoms with Crippen molar-refractivity contribution in [3.8, 4) is 5.69 Å². The maximum atomic E-state index is 14.5. The van der Waals surface area contributed by atoms with Crippen LogP contribution in [-0.4, -0.2) is 67.9 Å². The van der Waals surface area contributed by atoms with Gasteiger partial charge in [0.2, 0.25) is 0 Å². The lowest BCUT2D eigenvalue weighted by Crippen LogP contribution is -2.43. The van der Waals surface area contributed by atoms with E-state index in [4.69, 9.17) is 4.74 Å². The van der Waals surface area contributed by atoms with Gasteiger partial charge >= 0.3 is 6.09 Å². The van der Waals surface area contributed by atoms with Crippen molar-refractivity contribution in [2.24, 2.45) is 5.92 Å². The van der Waals surface area contributed by atoms with Crippen molar-refractivity contribution in [3.63, 3.8) is 0 Å². The Hall–Kier alpha value is -3.75. The summed E-state index contributed by atoms with van der Waals surface area (Å²) in [6.07, 6.45) is 5.68. The average molecular weight is 551 g/mol. The monoisotopic (exact) mass is 550 g/mol. The largest absolute Gasteiger partial charge is 0.444 e. The standard InChI is InChI=1S/C31H39FN4O4/c1-19(2)36(20(3)4)29(38)24-16-22(32)8-9-26(24)35-18-25(23-10-13-33-17-27(23)35)28(37)21-11-14-34(15-12-21)30(39)40-31(5,6)7/h8-10,13,16-21H,11-12,14-15H2,1-7H3. The lowest BCUT2D eigenvalue weighted by Gasteiger charge is -2.32. The van der Waals surface area contributed by atoms with Crippen LogP contribution < -0.4 is 0 Å². The highest BCUT2D eigenvalue weighted by Crippen LogP contribution is 2.32. The summed E-state index contributed by atoms with van der Waals surface area (Å²) in [7, 11) is 0. The molecule has 2 aromatic heterocycles. The number of pyridine rings is 1. The van der Waals surface area contributed by atoms with Gasteiger partial charge in [0.25, 0.3) is 5.91 Å². The van der Waals surface area contributed by atoms with Gasteiger partial charge in [0.15, 0.2) is 5.78 Å². The summed E-state index contributed by atoms with van der Waals surface area (Å²) in [6.45, 7) is 14.1. The Kier molecular flexibility index (Phi) is 8.33. The molecule has 4 rings (SSSR count). The van der Waals surface area contributed by atoms with Crippen LogP contribution in [0.15, 0.2) is 42.9 Å². The summed E-state index contributed by atoms with van der Waals surface area (Å²) in [4.78, 5) is 47.6. The summed E-state index contributed by atoms with van der Waals surface area (Å²) in [5.74, 6) is -1.09. The SMILES string of the molecule is CC(C)N(C(=O)c1cc(F)ccc1-n1cc(C(=O)C2CCN(C(=O)OC(C)(C)C)CC2)c2ccncc21)C(C)C. The molecule has 9 heteroatoms. The quantitative estimate of drug-likeness (QED) is 0.339. The van der Waals surface area contributed by atoms with Crippen LogP contribution in [0.25, 0.3) is 16.6 Å². The summed E-state index contributed by atoms with van der Waals surface area (Å²) in [5, 5.41) is 0.710. The van der Waals surface area contributed by atoms with Crippen LogP contribution in [0.3, 0.4) is 0 Å². The molecule has 214 valence electrons. The number of ketones is 1. The first kappa shape index (κ1) is 29.2. The maximum Gasteiger partial charge on any atom is 0.410 e. The Morgan fingerprint density at radius 1 is 1.02 bits per heavy atom. The van der Waals surface area contributed by atoms with E-state index in [1.54, 1.807) is 45.1 Å². The Morgan fingerprint density at radius 3 is 2.27 bits per heavy atom. The van der Waals surface area contributed by atoms with Crippen LogP contribution in [0.2, 0.25) is 0 Å². The number of fused-ring (bicyclic) bond motifs is 1. The van der Waals surface area contributed by atoms with Gasteiger partial charge in [-0.1, -0.05) is 0 Å². The first-order chi connectivity index (χ1) is 18.8. The van der Waals surface area contributed by atoms with Gasteiger partial charge in [-0.3, -0.25) is 14.6 Å². The van der Waals surface area contributed by atoms with Gasteiger partial charge in [0.05, 0.1) is 23.0 Å². The van der Waals surface area contributed by atoms with Crippen molar-refractivity contribution in [1.82, 2.24) is 19.4 Å². The molecule has 2 amide bonds. The number of ether oxygens (including phenoxy) is 1. The number of hydrogen-bond acceptors (Lipinski definition) is 5. The fourth-order valence-corrected chi connectivity index (χ4v) is 5.43. The molecule has 0 N–H and O–H groups in total. The molecule has 1 fully saturated rings. The number of amides is 2. The van der Waals surface area contributed by atoms with Gasteiger partial charge in [-0.05, 0) is 85.6 Å². The minimum absolute atomic E-state index is 0.0280. The third-order valence-electron chi connectivity index (χ3n) is 7.19. The summed E-state index contributed by atoms with van der Waals surface area (Å²) >= 11 is 0. The molecule has 1 aliphatic rings. The molecule has 8 nitrogen and oxygen atoms in total. The van der Waals surface area contributed by atoms with Gasteiger partial charge in [0, 0.05) is 54.4 Å². The lowest BCUT2D eigenvalue weighted by atomic mass is 9.89. The van der Waals surface area contributed by atoms with E-state index in [1.165, 1.54) is 12.1 Å². The van der Waals surface area contributed by atoms with Crippen molar-refractivity contribution in [2.75, 3.05) is 13.1 Å². The molecule has 0 bridgehead atoms. The summed E-state index contributed by atoms with van der Waals surface area (Å²) < 4.78 is 21.7. The number of aromatic nitrogens is 2.